The largest absolute Gasteiger partial charge is 0.375 e. The maximum atomic E-state index is 11.4. The van der Waals surface area contributed by atoms with Crippen molar-refractivity contribution in [2.75, 3.05) is 45.9 Å². The molecule has 0 saturated carbocycles. The quantitative estimate of drug-likeness (QED) is 0.753. The van der Waals surface area contributed by atoms with E-state index in [9.17, 15) is 4.79 Å². The first-order valence-corrected chi connectivity index (χ1v) is 6.53. The van der Waals surface area contributed by atoms with Gasteiger partial charge in [-0.05, 0) is 19.5 Å². The summed E-state index contributed by atoms with van der Waals surface area (Å²) in [6, 6.07) is 0. The number of likely N-dealkylation sites (tertiary alicyclic amines) is 1. The molecule has 2 N–H and O–H groups in total. The van der Waals surface area contributed by atoms with Crippen LogP contribution in [0.5, 0.6) is 0 Å². The Labute approximate surface area is 128 Å². The molecule has 1 aliphatic heterocycles. The summed E-state index contributed by atoms with van der Waals surface area (Å²) in [5.74, 6) is 0.0276. The first-order chi connectivity index (χ1) is 8.21. The second kappa shape index (κ2) is 11.7. The molecule has 0 radical (unpaired) electrons. The average molecular weight is 316 g/mol. The van der Waals surface area contributed by atoms with Gasteiger partial charge in [-0.2, -0.15) is 0 Å². The van der Waals surface area contributed by atoms with E-state index in [0.29, 0.717) is 6.54 Å². The maximum Gasteiger partial charge on any atom is 0.236 e. The van der Waals surface area contributed by atoms with Gasteiger partial charge in [0.1, 0.15) is 0 Å². The van der Waals surface area contributed by atoms with Crippen molar-refractivity contribution in [3.63, 3.8) is 0 Å². The summed E-state index contributed by atoms with van der Waals surface area (Å²) in [5.41, 5.74) is 5.33. The number of carbonyl (C=O) groups is 1. The molecule has 1 aliphatic rings. The van der Waals surface area contributed by atoms with Gasteiger partial charge >= 0.3 is 0 Å². The predicted octanol–water partition coefficient (Wildman–Crippen LogP) is 0.748. The van der Waals surface area contributed by atoms with Crippen molar-refractivity contribution in [2.24, 2.45) is 5.73 Å². The van der Waals surface area contributed by atoms with E-state index in [1.54, 1.807) is 4.90 Å². The van der Waals surface area contributed by atoms with Gasteiger partial charge in [-0.3, -0.25) is 4.79 Å². The Morgan fingerprint density at radius 3 is 2.53 bits per heavy atom. The topological polar surface area (TPSA) is 58.8 Å². The highest BCUT2D eigenvalue weighted by Gasteiger charge is 2.25. The lowest BCUT2D eigenvalue weighted by Crippen LogP contribution is -2.35. The third-order valence-corrected chi connectivity index (χ3v) is 3.33. The van der Waals surface area contributed by atoms with Crippen molar-refractivity contribution in [1.29, 1.82) is 0 Å². The van der Waals surface area contributed by atoms with Crippen molar-refractivity contribution in [2.45, 2.75) is 26.4 Å². The third-order valence-electron chi connectivity index (χ3n) is 3.33. The second-order valence-electron chi connectivity index (χ2n) is 4.35. The fourth-order valence-electron chi connectivity index (χ4n) is 2.11. The van der Waals surface area contributed by atoms with Gasteiger partial charge in [0, 0.05) is 19.6 Å². The summed E-state index contributed by atoms with van der Waals surface area (Å²) in [6.07, 6.45) is 1.13. The summed E-state index contributed by atoms with van der Waals surface area (Å²) in [6.45, 7) is 9.73. The molecule has 0 aromatic rings. The molecule has 7 heteroatoms. The van der Waals surface area contributed by atoms with Crippen molar-refractivity contribution in [3.8, 4) is 0 Å². The molecule has 1 saturated heterocycles. The molecule has 19 heavy (non-hydrogen) atoms. The van der Waals surface area contributed by atoms with Gasteiger partial charge in [-0.1, -0.05) is 13.8 Å². The number of rotatable bonds is 7. The van der Waals surface area contributed by atoms with E-state index in [1.165, 1.54) is 0 Å². The van der Waals surface area contributed by atoms with Crippen molar-refractivity contribution in [1.82, 2.24) is 9.80 Å². The molecule has 116 valence electrons. The predicted molar refractivity (Wildman–Crippen MR) is 82.3 cm³/mol. The summed E-state index contributed by atoms with van der Waals surface area (Å²) < 4.78 is 5.79. The molecule has 0 aliphatic carbocycles. The smallest absolute Gasteiger partial charge is 0.236 e. The number of hydrogen-bond acceptors (Lipinski definition) is 4. The van der Waals surface area contributed by atoms with E-state index < -0.39 is 0 Å². The fourth-order valence-corrected chi connectivity index (χ4v) is 2.11. The number of ether oxygens (including phenoxy) is 1. The summed E-state index contributed by atoms with van der Waals surface area (Å²) in [7, 11) is 0. The number of nitrogens with two attached hydrogens (primary N) is 1. The molecule has 1 amide bonds. The van der Waals surface area contributed by atoms with Gasteiger partial charge in [0.25, 0.3) is 0 Å². The van der Waals surface area contributed by atoms with Gasteiger partial charge in [-0.25, -0.2) is 0 Å². The highest BCUT2D eigenvalue weighted by Crippen LogP contribution is 2.12. The third kappa shape index (κ3) is 7.32. The number of halogens is 2. The second-order valence-corrected chi connectivity index (χ2v) is 4.35. The van der Waals surface area contributed by atoms with Gasteiger partial charge in [0.2, 0.25) is 5.91 Å². The highest BCUT2D eigenvalue weighted by atomic mass is 35.5. The van der Waals surface area contributed by atoms with E-state index in [1.807, 2.05) is 0 Å². The van der Waals surface area contributed by atoms with Crippen LogP contribution in [0.4, 0.5) is 0 Å². The van der Waals surface area contributed by atoms with Crippen molar-refractivity contribution < 1.29 is 9.53 Å². The number of nitrogens with zero attached hydrogens (tertiary/aromatic N) is 2. The monoisotopic (exact) mass is 315 g/mol. The summed E-state index contributed by atoms with van der Waals surface area (Å²) in [5, 5.41) is 0. The zero-order valence-corrected chi connectivity index (χ0v) is 13.5. The van der Waals surface area contributed by atoms with Gasteiger partial charge in [0.05, 0.1) is 19.3 Å². The molecular weight excluding hydrogens is 289 g/mol. The standard InChI is InChI=1S/C12H25N3O2.2ClH/c1-3-14(4-2)7-8-17-11-5-6-15(10-11)12(16)9-13;;/h11H,3-10,13H2,1-2H3;2*1H. The normalized spacial score (nSPS) is 18.1. The zero-order chi connectivity index (χ0) is 12.7. The van der Waals surface area contributed by atoms with Crippen LogP contribution in [0, 0.1) is 0 Å². The molecule has 5 nitrogen and oxygen atoms in total. The number of hydrogen-bond donors (Lipinski definition) is 1. The van der Waals surface area contributed by atoms with Crippen LogP contribution in [0.25, 0.3) is 0 Å². The lowest BCUT2D eigenvalue weighted by atomic mass is 10.3. The SMILES string of the molecule is CCN(CC)CCOC1CCN(C(=O)CN)C1.Cl.Cl. The number of amides is 1. The van der Waals surface area contributed by atoms with Gasteiger partial charge in [-0.15, -0.1) is 24.8 Å². The minimum absolute atomic E-state index is 0. The molecule has 1 atom stereocenters. The van der Waals surface area contributed by atoms with Crippen molar-refractivity contribution in [3.05, 3.63) is 0 Å². The minimum atomic E-state index is 0. The first kappa shape index (κ1) is 21.2. The molecule has 1 rings (SSSR count). The molecular formula is C12H27Cl2N3O2. The van der Waals surface area contributed by atoms with Crippen LogP contribution < -0.4 is 5.73 Å². The molecule has 0 bridgehead atoms. The van der Waals surface area contributed by atoms with E-state index in [2.05, 4.69) is 18.7 Å². The lowest BCUT2D eigenvalue weighted by molar-refractivity contribution is -0.129. The van der Waals surface area contributed by atoms with E-state index >= 15 is 0 Å². The van der Waals surface area contributed by atoms with E-state index in [-0.39, 0.29) is 43.4 Å². The Morgan fingerprint density at radius 2 is 2.00 bits per heavy atom. The maximum absolute atomic E-state index is 11.4. The summed E-state index contributed by atoms with van der Waals surface area (Å²) >= 11 is 0. The first-order valence-electron chi connectivity index (χ1n) is 6.53. The Hall–Kier alpha value is -0.0700. The van der Waals surface area contributed by atoms with Crippen LogP contribution in [-0.2, 0) is 9.53 Å². The molecule has 1 unspecified atom stereocenters. The van der Waals surface area contributed by atoms with Gasteiger partial charge < -0.3 is 20.3 Å². The van der Waals surface area contributed by atoms with Crippen LogP contribution >= 0.6 is 24.8 Å². The number of carbonyl (C=O) groups excluding carboxylic acids is 1. The van der Waals surface area contributed by atoms with E-state index in [0.717, 1.165) is 39.2 Å². The lowest BCUT2D eigenvalue weighted by Gasteiger charge is -2.20. The molecule has 1 fully saturated rings. The number of likely N-dealkylation sites (N-methyl/N-ethyl adjacent to an activating group) is 1. The Balaban J connectivity index is 0. The van der Waals surface area contributed by atoms with Crippen LogP contribution in [-0.4, -0.2) is 67.7 Å². The van der Waals surface area contributed by atoms with Crippen LogP contribution in [0.3, 0.4) is 0 Å². The summed E-state index contributed by atoms with van der Waals surface area (Å²) in [4.78, 5) is 15.5. The highest BCUT2D eigenvalue weighted by molar-refractivity contribution is 5.85. The minimum Gasteiger partial charge on any atom is -0.375 e. The fraction of sp³-hybridized carbons (Fsp3) is 0.917. The van der Waals surface area contributed by atoms with E-state index in [4.69, 9.17) is 10.5 Å². The van der Waals surface area contributed by atoms with Crippen molar-refractivity contribution >= 4 is 30.7 Å². The molecule has 0 aromatic heterocycles. The Morgan fingerprint density at radius 1 is 1.37 bits per heavy atom. The Kier molecular flexibility index (Phi) is 13.1. The average Bonchev–Trinajstić information content (AvgIpc) is 2.82. The van der Waals surface area contributed by atoms with Crippen LogP contribution in [0.1, 0.15) is 20.3 Å². The zero-order valence-electron chi connectivity index (χ0n) is 11.8. The molecule has 1 heterocycles. The van der Waals surface area contributed by atoms with Gasteiger partial charge in [0.15, 0.2) is 0 Å². The van der Waals surface area contributed by atoms with Crippen LogP contribution in [0.15, 0.2) is 0 Å². The molecule has 0 aromatic carbocycles. The van der Waals surface area contributed by atoms with Crippen LogP contribution in [0.2, 0.25) is 0 Å². The molecule has 0 spiro atoms. The Bertz CT molecular complexity index is 241.